The van der Waals surface area contributed by atoms with Crippen molar-refractivity contribution in [3.8, 4) is 0 Å². The molecule has 0 unspecified atom stereocenters. The van der Waals surface area contributed by atoms with Crippen LogP contribution in [0.4, 0.5) is 0 Å². The van der Waals surface area contributed by atoms with Crippen molar-refractivity contribution in [2.24, 2.45) is 0 Å². The van der Waals surface area contributed by atoms with E-state index in [4.69, 9.17) is 46.4 Å². The van der Waals surface area contributed by atoms with Gasteiger partial charge in [-0.25, -0.2) is 0 Å². The molecule has 0 saturated heterocycles. The highest BCUT2D eigenvalue weighted by molar-refractivity contribution is 6.69. The molecule has 0 spiro atoms. The fourth-order valence-corrected chi connectivity index (χ4v) is 0.670. The molecule has 0 heterocycles. The summed E-state index contributed by atoms with van der Waals surface area (Å²) in [5, 5.41) is 0. The Kier molecular flexibility index (Phi) is 13.8. The molecule has 108 valence electrons. The predicted molar refractivity (Wildman–Crippen MR) is 73.5 cm³/mol. The van der Waals surface area contributed by atoms with E-state index in [-0.39, 0.29) is 30.7 Å². The topological polar surface area (TPSA) is 52.6 Å². The fraction of sp³-hybridized carbons (Fsp3) is 0.800. The van der Waals surface area contributed by atoms with Gasteiger partial charge in [-0.3, -0.25) is 9.59 Å². The lowest BCUT2D eigenvalue weighted by atomic mass is 10.3. The second-order valence-corrected chi connectivity index (χ2v) is 5.64. The third-order valence-electron chi connectivity index (χ3n) is 1.30. The molecule has 0 N–H and O–H groups in total. The quantitative estimate of drug-likeness (QED) is 0.567. The number of carbonyl (C=O) groups excluding carboxylic acids is 2. The summed E-state index contributed by atoms with van der Waals surface area (Å²) in [6.07, 6.45) is 0.208. The molecule has 0 aromatic heterocycles. The minimum absolute atomic E-state index is 0.0394. The van der Waals surface area contributed by atoms with Gasteiger partial charge < -0.3 is 9.47 Å². The highest BCUT2D eigenvalue weighted by atomic mass is 35.6. The molecule has 0 saturated carbocycles. The van der Waals surface area contributed by atoms with Crippen molar-refractivity contribution in [1.29, 1.82) is 0 Å². The smallest absolute Gasteiger partial charge is 0.306 e. The van der Waals surface area contributed by atoms with Gasteiger partial charge in [-0.2, -0.15) is 0 Å². The zero-order valence-corrected chi connectivity index (χ0v) is 13.2. The molecule has 0 bridgehead atoms. The molecule has 0 fully saturated rings. The molecule has 0 rings (SSSR count). The highest BCUT2D eigenvalue weighted by Crippen LogP contribution is 2.26. The second-order valence-electron chi connectivity index (χ2n) is 2.86. The third-order valence-corrected chi connectivity index (χ3v) is 2.51. The summed E-state index contributed by atoms with van der Waals surface area (Å²) in [4.78, 5) is 21.4. The van der Waals surface area contributed by atoms with E-state index in [0.29, 0.717) is 13.2 Å². The first-order chi connectivity index (χ1) is 8.26. The van der Waals surface area contributed by atoms with Gasteiger partial charge in [-0.15, -0.1) is 11.6 Å². The third kappa shape index (κ3) is 18.5. The van der Waals surface area contributed by atoms with E-state index in [2.05, 4.69) is 9.47 Å². The van der Waals surface area contributed by atoms with Crippen LogP contribution < -0.4 is 0 Å². The maximum Gasteiger partial charge on any atom is 0.306 e. The Balaban J connectivity index is 0. The SMILES string of the molecule is CCOC(=O)CCC(=O)OCC.ClCC(Cl)(Cl)Cl. The van der Waals surface area contributed by atoms with Gasteiger partial charge in [0.1, 0.15) is 0 Å². The van der Waals surface area contributed by atoms with Gasteiger partial charge in [-0.1, -0.05) is 34.8 Å². The van der Waals surface area contributed by atoms with E-state index in [0.717, 1.165) is 0 Å². The van der Waals surface area contributed by atoms with Crippen molar-refractivity contribution < 1.29 is 19.1 Å². The van der Waals surface area contributed by atoms with Crippen LogP contribution in [0.1, 0.15) is 26.7 Å². The molecule has 0 aromatic rings. The Labute approximate surface area is 127 Å². The lowest BCUT2D eigenvalue weighted by molar-refractivity contribution is -0.149. The number of halogens is 4. The number of ether oxygens (including phenoxy) is 2. The van der Waals surface area contributed by atoms with Crippen LogP contribution in [0.15, 0.2) is 0 Å². The Morgan fingerprint density at radius 1 is 0.944 bits per heavy atom. The average Bonchev–Trinajstić information content (AvgIpc) is 2.27. The molecule has 4 nitrogen and oxygen atoms in total. The normalized spacial score (nSPS) is 10.1. The molecular weight excluding hydrogens is 326 g/mol. The summed E-state index contributed by atoms with van der Waals surface area (Å²) in [7, 11) is 0. The first-order valence-corrected chi connectivity index (χ1v) is 6.87. The van der Waals surface area contributed by atoms with Gasteiger partial charge in [0.15, 0.2) is 0 Å². The maximum atomic E-state index is 10.7. The Morgan fingerprint density at radius 3 is 1.39 bits per heavy atom. The van der Waals surface area contributed by atoms with Gasteiger partial charge in [0.05, 0.1) is 31.9 Å². The molecule has 0 radical (unpaired) electrons. The van der Waals surface area contributed by atoms with Crippen molar-refractivity contribution >= 4 is 58.3 Å². The number of alkyl halides is 4. The summed E-state index contributed by atoms with van der Waals surface area (Å²) in [6, 6.07) is 0. The van der Waals surface area contributed by atoms with E-state index in [1.807, 2.05) is 0 Å². The van der Waals surface area contributed by atoms with Crippen LogP contribution in [0.25, 0.3) is 0 Å². The van der Waals surface area contributed by atoms with Crippen LogP contribution >= 0.6 is 46.4 Å². The fourth-order valence-electron chi connectivity index (χ4n) is 0.670. The number of carbonyl (C=O) groups is 2. The summed E-state index contributed by atoms with van der Waals surface area (Å²) < 4.78 is 7.97. The van der Waals surface area contributed by atoms with Crippen LogP contribution in [0.2, 0.25) is 0 Å². The van der Waals surface area contributed by atoms with Crippen molar-refractivity contribution in [2.45, 2.75) is 30.5 Å². The minimum Gasteiger partial charge on any atom is -0.466 e. The number of hydrogen-bond acceptors (Lipinski definition) is 4. The van der Waals surface area contributed by atoms with Crippen LogP contribution in [0, 0.1) is 0 Å². The number of esters is 2. The van der Waals surface area contributed by atoms with Gasteiger partial charge in [-0.05, 0) is 13.8 Å². The Bertz CT molecular complexity index is 223. The highest BCUT2D eigenvalue weighted by Gasteiger charge is 2.16. The van der Waals surface area contributed by atoms with E-state index >= 15 is 0 Å². The Hall–Kier alpha value is 0.1000. The van der Waals surface area contributed by atoms with Crippen molar-refractivity contribution in [2.75, 3.05) is 19.1 Å². The monoisotopic (exact) mass is 340 g/mol. The predicted octanol–water partition coefficient (Wildman–Crippen LogP) is 3.49. The summed E-state index contributed by atoms with van der Waals surface area (Å²) >= 11 is 20.4. The second kappa shape index (κ2) is 12.2. The van der Waals surface area contributed by atoms with E-state index in [1.165, 1.54) is 0 Å². The first kappa shape index (κ1) is 20.4. The summed E-state index contributed by atoms with van der Waals surface area (Å²) in [5.41, 5.74) is 0. The first-order valence-electron chi connectivity index (χ1n) is 5.20. The lowest BCUT2D eigenvalue weighted by Crippen LogP contribution is -2.09. The average molecular weight is 342 g/mol. The van der Waals surface area contributed by atoms with E-state index in [1.54, 1.807) is 13.8 Å². The standard InChI is InChI=1S/C8H14O4.C2H2Cl4/c1-3-11-7(9)5-6-8(10)12-4-2;3-1-2(4,5)6/h3-6H2,1-2H3;1H2. The number of hydrogen-bond donors (Lipinski definition) is 0. The largest absolute Gasteiger partial charge is 0.466 e. The van der Waals surface area contributed by atoms with Gasteiger partial charge in [0, 0.05) is 0 Å². The molecule has 0 amide bonds. The van der Waals surface area contributed by atoms with Crippen LogP contribution in [-0.4, -0.2) is 34.8 Å². The molecular formula is C10H16Cl4O4. The van der Waals surface area contributed by atoms with Crippen LogP contribution in [0.5, 0.6) is 0 Å². The zero-order valence-electron chi connectivity index (χ0n) is 10.2. The molecule has 18 heavy (non-hydrogen) atoms. The van der Waals surface area contributed by atoms with Gasteiger partial charge in [0.2, 0.25) is 3.79 Å². The molecule has 0 aromatic carbocycles. The van der Waals surface area contributed by atoms with Crippen LogP contribution in [0.3, 0.4) is 0 Å². The molecule has 0 aliphatic rings. The van der Waals surface area contributed by atoms with Gasteiger partial charge in [0.25, 0.3) is 0 Å². The van der Waals surface area contributed by atoms with Crippen molar-refractivity contribution in [1.82, 2.24) is 0 Å². The summed E-state index contributed by atoms with van der Waals surface area (Å²) in [5.74, 6) is -0.673. The van der Waals surface area contributed by atoms with E-state index < -0.39 is 3.79 Å². The van der Waals surface area contributed by atoms with Crippen molar-refractivity contribution in [3.63, 3.8) is 0 Å². The van der Waals surface area contributed by atoms with E-state index in [9.17, 15) is 9.59 Å². The van der Waals surface area contributed by atoms with Crippen molar-refractivity contribution in [3.05, 3.63) is 0 Å². The molecule has 8 heteroatoms. The van der Waals surface area contributed by atoms with Gasteiger partial charge >= 0.3 is 11.9 Å². The maximum absolute atomic E-state index is 10.7. The molecule has 0 aliphatic heterocycles. The molecule has 0 aliphatic carbocycles. The lowest BCUT2D eigenvalue weighted by Gasteiger charge is -2.01. The Morgan fingerprint density at radius 2 is 1.22 bits per heavy atom. The minimum atomic E-state index is -1.28. The molecule has 0 atom stereocenters. The zero-order chi connectivity index (χ0) is 14.6. The van der Waals surface area contributed by atoms with Crippen LogP contribution in [-0.2, 0) is 19.1 Å². The number of rotatable bonds is 5. The summed E-state index contributed by atoms with van der Waals surface area (Å²) in [6.45, 7) is 4.15.